The van der Waals surface area contributed by atoms with E-state index in [1.807, 2.05) is 27.7 Å². The molecule has 0 radical (unpaired) electrons. The lowest BCUT2D eigenvalue weighted by molar-refractivity contribution is -0.115. The number of aromatic amines is 1. The van der Waals surface area contributed by atoms with Crippen LogP contribution in [0.15, 0.2) is 22.1 Å². The third-order valence-corrected chi connectivity index (χ3v) is 6.01. The fourth-order valence-electron chi connectivity index (χ4n) is 3.51. The zero-order valence-electron chi connectivity index (χ0n) is 15.7. The van der Waals surface area contributed by atoms with Crippen molar-refractivity contribution < 1.29 is 4.79 Å². The Labute approximate surface area is 158 Å². The van der Waals surface area contributed by atoms with Crippen molar-refractivity contribution >= 4 is 23.4 Å². The Balaban J connectivity index is 1.78. The minimum absolute atomic E-state index is 0.0595. The molecule has 0 fully saturated rings. The summed E-state index contributed by atoms with van der Waals surface area (Å²) in [5.41, 5.74) is 5.79. The number of H-pyrrole nitrogens is 1. The number of amides is 1. The standard InChI is InChI=1S/C20H25N3O2S/c1-5-16(19(25)22-17-12(3)9-11(2)10-13(17)4)26-20-21-15-8-6-7-14(15)18(24)23-20/h9-10,16H,5-8H2,1-4H3,(H,22,25)(H,21,23,24). The Hall–Kier alpha value is -2.08. The molecule has 0 saturated carbocycles. The van der Waals surface area contributed by atoms with E-state index in [1.165, 1.54) is 17.3 Å². The average Bonchev–Trinajstić information content (AvgIpc) is 3.04. The van der Waals surface area contributed by atoms with Crippen molar-refractivity contribution in [2.45, 2.75) is 63.8 Å². The number of rotatable bonds is 5. The smallest absolute Gasteiger partial charge is 0.254 e. The maximum Gasteiger partial charge on any atom is 0.254 e. The van der Waals surface area contributed by atoms with E-state index in [2.05, 4.69) is 27.4 Å². The van der Waals surface area contributed by atoms with Crippen molar-refractivity contribution in [1.29, 1.82) is 0 Å². The molecule has 1 aliphatic carbocycles. The van der Waals surface area contributed by atoms with Gasteiger partial charge in [0.25, 0.3) is 5.56 Å². The molecule has 0 bridgehead atoms. The van der Waals surface area contributed by atoms with Crippen LogP contribution < -0.4 is 10.9 Å². The number of nitrogens with one attached hydrogen (secondary N) is 2. The summed E-state index contributed by atoms with van der Waals surface area (Å²) in [7, 11) is 0. The molecule has 1 aromatic carbocycles. The molecule has 1 amide bonds. The second-order valence-electron chi connectivity index (χ2n) is 6.93. The Kier molecular flexibility index (Phi) is 5.51. The molecule has 1 heterocycles. The largest absolute Gasteiger partial charge is 0.325 e. The van der Waals surface area contributed by atoms with E-state index in [0.29, 0.717) is 11.6 Å². The van der Waals surface area contributed by atoms with Crippen LogP contribution >= 0.6 is 11.8 Å². The lowest BCUT2D eigenvalue weighted by Crippen LogP contribution is -2.26. The van der Waals surface area contributed by atoms with Gasteiger partial charge in [0.1, 0.15) is 0 Å². The number of fused-ring (bicyclic) bond motifs is 1. The summed E-state index contributed by atoms with van der Waals surface area (Å²) in [6, 6.07) is 4.13. The van der Waals surface area contributed by atoms with Gasteiger partial charge >= 0.3 is 0 Å². The highest BCUT2D eigenvalue weighted by molar-refractivity contribution is 8.00. The number of carbonyl (C=O) groups excluding carboxylic acids is 1. The van der Waals surface area contributed by atoms with E-state index in [9.17, 15) is 9.59 Å². The lowest BCUT2D eigenvalue weighted by Gasteiger charge is -2.17. The first-order chi connectivity index (χ1) is 12.4. The molecule has 1 aliphatic rings. The van der Waals surface area contributed by atoms with Gasteiger partial charge in [-0.05, 0) is 57.6 Å². The summed E-state index contributed by atoms with van der Waals surface area (Å²) in [6.07, 6.45) is 3.27. The van der Waals surface area contributed by atoms with Crippen molar-refractivity contribution in [3.63, 3.8) is 0 Å². The van der Waals surface area contributed by atoms with Gasteiger partial charge in [-0.25, -0.2) is 4.98 Å². The predicted octanol–water partition coefficient (Wildman–Crippen LogP) is 3.69. The van der Waals surface area contributed by atoms with E-state index >= 15 is 0 Å². The van der Waals surface area contributed by atoms with Crippen molar-refractivity contribution in [1.82, 2.24) is 9.97 Å². The highest BCUT2D eigenvalue weighted by Gasteiger charge is 2.23. The molecule has 3 rings (SSSR count). The summed E-state index contributed by atoms with van der Waals surface area (Å²) >= 11 is 1.33. The van der Waals surface area contributed by atoms with Crippen LogP contribution in [0.2, 0.25) is 0 Å². The van der Waals surface area contributed by atoms with Gasteiger partial charge in [-0.1, -0.05) is 36.4 Å². The first-order valence-corrected chi connectivity index (χ1v) is 9.94. The van der Waals surface area contributed by atoms with Crippen LogP contribution in [-0.2, 0) is 17.6 Å². The molecular formula is C20H25N3O2S. The number of hydrogen-bond donors (Lipinski definition) is 2. The number of aryl methyl sites for hydroxylation is 4. The van der Waals surface area contributed by atoms with Crippen LogP contribution in [0.4, 0.5) is 5.69 Å². The van der Waals surface area contributed by atoms with Gasteiger partial charge in [0.05, 0.1) is 10.9 Å². The molecule has 1 unspecified atom stereocenters. The zero-order valence-corrected chi connectivity index (χ0v) is 16.5. The topological polar surface area (TPSA) is 74.8 Å². The molecule has 5 nitrogen and oxygen atoms in total. The van der Waals surface area contributed by atoms with E-state index in [4.69, 9.17) is 0 Å². The minimum Gasteiger partial charge on any atom is -0.325 e. The Bertz CT molecular complexity index is 881. The van der Waals surface area contributed by atoms with Crippen molar-refractivity contribution in [2.75, 3.05) is 5.32 Å². The van der Waals surface area contributed by atoms with Gasteiger partial charge < -0.3 is 10.3 Å². The van der Waals surface area contributed by atoms with Crippen LogP contribution in [0, 0.1) is 20.8 Å². The van der Waals surface area contributed by atoms with Crippen LogP contribution in [0.1, 0.15) is 47.7 Å². The number of thioether (sulfide) groups is 1. The summed E-state index contributed by atoms with van der Waals surface area (Å²) in [5.74, 6) is -0.0595. The molecule has 2 aromatic rings. The molecule has 0 saturated heterocycles. The molecule has 2 N–H and O–H groups in total. The molecule has 1 aromatic heterocycles. The van der Waals surface area contributed by atoms with E-state index in [-0.39, 0.29) is 16.7 Å². The number of anilines is 1. The fourth-order valence-corrected chi connectivity index (χ4v) is 4.43. The van der Waals surface area contributed by atoms with Crippen LogP contribution in [0.5, 0.6) is 0 Å². The fraction of sp³-hybridized carbons (Fsp3) is 0.450. The van der Waals surface area contributed by atoms with Crippen molar-refractivity contribution in [3.8, 4) is 0 Å². The van der Waals surface area contributed by atoms with Gasteiger partial charge in [-0.15, -0.1) is 0 Å². The van der Waals surface area contributed by atoms with Crippen LogP contribution in [0.25, 0.3) is 0 Å². The summed E-state index contributed by atoms with van der Waals surface area (Å²) in [5, 5.41) is 3.29. The molecule has 138 valence electrons. The summed E-state index contributed by atoms with van der Waals surface area (Å²) in [4.78, 5) is 32.4. The van der Waals surface area contributed by atoms with Gasteiger partial charge in [-0.3, -0.25) is 9.59 Å². The molecular weight excluding hydrogens is 346 g/mol. The van der Waals surface area contributed by atoms with E-state index in [1.54, 1.807) is 0 Å². The first-order valence-electron chi connectivity index (χ1n) is 9.06. The van der Waals surface area contributed by atoms with Crippen LogP contribution in [-0.4, -0.2) is 21.1 Å². The Morgan fingerprint density at radius 3 is 2.62 bits per heavy atom. The van der Waals surface area contributed by atoms with Gasteiger partial charge in [0, 0.05) is 11.3 Å². The molecule has 26 heavy (non-hydrogen) atoms. The molecule has 0 spiro atoms. The third-order valence-electron chi connectivity index (χ3n) is 4.76. The number of hydrogen-bond acceptors (Lipinski definition) is 4. The van der Waals surface area contributed by atoms with E-state index in [0.717, 1.165) is 47.3 Å². The van der Waals surface area contributed by atoms with Crippen molar-refractivity contribution in [2.24, 2.45) is 0 Å². The number of benzene rings is 1. The summed E-state index contributed by atoms with van der Waals surface area (Å²) < 4.78 is 0. The molecule has 1 atom stereocenters. The monoisotopic (exact) mass is 371 g/mol. The van der Waals surface area contributed by atoms with Gasteiger partial charge in [0.2, 0.25) is 5.91 Å². The molecule has 6 heteroatoms. The SMILES string of the molecule is CCC(Sc1nc2c(c(=O)[nH]1)CCC2)C(=O)Nc1c(C)cc(C)cc1C. The maximum absolute atomic E-state index is 12.8. The van der Waals surface area contributed by atoms with E-state index < -0.39 is 0 Å². The second-order valence-corrected chi connectivity index (χ2v) is 8.12. The predicted molar refractivity (Wildman–Crippen MR) is 106 cm³/mol. The number of carbonyl (C=O) groups is 1. The van der Waals surface area contributed by atoms with Crippen molar-refractivity contribution in [3.05, 3.63) is 50.4 Å². The Morgan fingerprint density at radius 1 is 1.27 bits per heavy atom. The van der Waals surface area contributed by atoms with Gasteiger partial charge in [0.15, 0.2) is 5.16 Å². The minimum atomic E-state index is -0.308. The second kappa shape index (κ2) is 7.66. The summed E-state index contributed by atoms with van der Waals surface area (Å²) in [6.45, 7) is 8.02. The maximum atomic E-state index is 12.8. The number of aromatic nitrogens is 2. The quantitative estimate of drug-likeness (QED) is 0.621. The number of nitrogens with zero attached hydrogens (tertiary/aromatic N) is 1. The Morgan fingerprint density at radius 2 is 1.96 bits per heavy atom. The molecule has 0 aliphatic heterocycles. The van der Waals surface area contributed by atoms with Gasteiger partial charge in [-0.2, -0.15) is 0 Å². The third kappa shape index (κ3) is 3.85. The zero-order chi connectivity index (χ0) is 18.8. The normalized spacial score (nSPS) is 14.2. The average molecular weight is 372 g/mol. The van der Waals surface area contributed by atoms with Crippen LogP contribution in [0.3, 0.4) is 0 Å². The highest BCUT2D eigenvalue weighted by atomic mass is 32.2. The lowest BCUT2D eigenvalue weighted by atomic mass is 10.0. The first kappa shape index (κ1) is 18.7. The highest BCUT2D eigenvalue weighted by Crippen LogP contribution is 2.27.